The lowest BCUT2D eigenvalue weighted by atomic mass is 9.99. The maximum Gasteiger partial charge on any atom is 0.416 e. The fraction of sp³-hybridized carbons (Fsp3) is 0.526. The predicted molar refractivity (Wildman–Crippen MR) is 93.3 cm³/mol. The Kier molecular flexibility index (Phi) is 4.99. The van der Waals surface area contributed by atoms with Crippen LogP contribution in [-0.4, -0.2) is 44.3 Å². The summed E-state index contributed by atoms with van der Waals surface area (Å²) in [5.41, 5.74) is -0.737. The molecule has 1 saturated heterocycles. The number of likely N-dealkylation sites (tertiary alicyclic amines) is 1. The second-order valence-corrected chi connectivity index (χ2v) is 7.34. The normalized spacial score (nSPS) is 24.0. The molecule has 1 saturated carbocycles. The highest BCUT2D eigenvalue weighted by molar-refractivity contribution is 5.77. The molecule has 6 nitrogen and oxygen atoms in total. The van der Waals surface area contributed by atoms with Gasteiger partial charge in [0.25, 0.3) is 0 Å². The van der Waals surface area contributed by atoms with Gasteiger partial charge in [-0.05, 0) is 43.4 Å². The molecule has 0 unspecified atom stereocenters. The second-order valence-electron chi connectivity index (χ2n) is 7.34. The third-order valence-corrected chi connectivity index (χ3v) is 5.63. The van der Waals surface area contributed by atoms with Gasteiger partial charge < -0.3 is 9.64 Å². The number of aromatic nitrogens is 3. The molecule has 1 aliphatic heterocycles. The minimum absolute atomic E-state index is 0.0281. The van der Waals surface area contributed by atoms with Crippen LogP contribution in [0.1, 0.15) is 31.2 Å². The van der Waals surface area contributed by atoms with E-state index < -0.39 is 11.7 Å². The molecule has 4 rings (SSSR count). The van der Waals surface area contributed by atoms with Gasteiger partial charge >= 0.3 is 6.18 Å². The maximum absolute atomic E-state index is 12.9. The molecule has 0 spiro atoms. The van der Waals surface area contributed by atoms with E-state index in [2.05, 4.69) is 10.1 Å². The van der Waals surface area contributed by atoms with E-state index in [0.717, 1.165) is 31.4 Å². The van der Waals surface area contributed by atoms with Crippen LogP contribution in [0, 0.1) is 5.92 Å². The molecule has 1 amide bonds. The predicted octanol–water partition coefficient (Wildman–Crippen LogP) is 3.15. The van der Waals surface area contributed by atoms with Crippen LogP contribution >= 0.6 is 0 Å². The molecule has 2 aliphatic rings. The van der Waals surface area contributed by atoms with Crippen molar-refractivity contribution in [2.24, 2.45) is 5.92 Å². The van der Waals surface area contributed by atoms with Crippen molar-refractivity contribution in [2.45, 2.75) is 50.5 Å². The van der Waals surface area contributed by atoms with Crippen molar-refractivity contribution in [1.82, 2.24) is 19.7 Å². The number of carbonyl (C=O) groups excluding carboxylic acids is 1. The van der Waals surface area contributed by atoms with Gasteiger partial charge in [0.1, 0.15) is 25.0 Å². The zero-order valence-corrected chi connectivity index (χ0v) is 15.2. The van der Waals surface area contributed by atoms with Gasteiger partial charge in [-0.3, -0.25) is 9.48 Å². The van der Waals surface area contributed by atoms with Gasteiger partial charge in [0.05, 0.1) is 18.2 Å². The molecular formula is C19H21F3N4O2. The summed E-state index contributed by atoms with van der Waals surface area (Å²) in [7, 11) is 0. The highest BCUT2D eigenvalue weighted by Crippen LogP contribution is 2.43. The number of alkyl halides is 3. The van der Waals surface area contributed by atoms with Crippen molar-refractivity contribution in [3.05, 3.63) is 42.5 Å². The Balaban J connectivity index is 1.40. The SMILES string of the molecule is O=C(CCn1cncn1)N1[C@@H]2CC[C@H](C2)[C@@H]1COc1cccc(C(F)(F)F)c1. The van der Waals surface area contributed by atoms with Crippen LogP contribution in [0.4, 0.5) is 13.2 Å². The third kappa shape index (κ3) is 3.83. The van der Waals surface area contributed by atoms with Crippen molar-refractivity contribution in [1.29, 1.82) is 0 Å². The van der Waals surface area contributed by atoms with Gasteiger partial charge in [0.2, 0.25) is 5.91 Å². The van der Waals surface area contributed by atoms with Crippen LogP contribution < -0.4 is 4.74 Å². The number of benzene rings is 1. The Bertz CT molecular complexity index is 825. The molecule has 1 aliphatic carbocycles. The summed E-state index contributed by atoms with van der Waals surface area (Å²) in [5, 5.41) is 4.00. The highest BCUT2D eigenvalue weighted by atomic mass is 19.4. The Morgan fingerprint density at radius 1 is 1.29 bits per heavy atom. The molecule has 150 valence electrons. The van der Waals surface area contributed by atoms with Gasteiger partial charge in [0.15, 0.2) is 0 Å². The fourth-order valence-corrected chi connectivity index (χ4v) is 4.33. The van der Waals surface area contributed by atoms with Crippen LogP contribution in [-0.2, 0) is 17.5 Å². The summed E-state index contributed by atoms with van der Waals surface area (Å²) in [6, 6.07) is 4.97. The van der Waals surface area contributed by atoms with Crippen LogP contribution in [0.5, 0.6) is 5.75 Å². The summed E-state index contributed by atoms with van der Waals surface area (Å²) in [5.74, 6) is 0.541. The summed E-state index contributed by atoms with van der Waals surface area (Å²) in [4.78, 5) is 18.6. The number of hydrogen-bond donors (Lipinski definition) is 0. The zero-order valence-electron chi connectivity index (χ0n) is 15.2. The molecule has 1 aromatic heterocycles. The summed E-state index contributed by atoms with van der Waals surface area (Å²) in [6.07, 6.45) is 1.83. The monoisotopic (exact) mass is 394 g/mol. The van der Waals surface area contributed by atoms with Gasteiger partial charge in [-0.2, -0.15) is 18.3 Å². The van der Waals surface area contributed by atoms with Gasteiger partial charge in [0, 0.05) is 12.5 Å². The zero-order chi connectivity index (χ0) is 19.7. The van der Waals surface area contributed by atoms with Crippen molar-refractivity contribution < 1.29 is 22.7 Å². The number of fused-ring (bicyclic) bond motifs is 2. The van der Waals surface area contributed by atoms with Gasteiger partial charge in [-0.1, -0.05) is 6.07 Å². The van der Waals surface area contributed by atoms with Crippen LogP contribution in [0.25, 0.3) is 0 Å². The lowest BCUT2D eigenvalue weighted by molar-refractivity contribution is -0.137. The van der Waals surface area contributed by atoms with Crippen LogP contribution in [0.3, 0.4) is 0 Å². The van der Waals surface area contributed by atoms with E-state index in [0.29, 0.717) is 18.9 Å². The lowest BCUT2D eigenvalue weighted by Crippen LogP contribution is -2.48. The van der Waals surface area contributed by atoms with E-state index >= 15 is 0 Å². The first-order chi connectivity index (χ1) is 13.4. The third-order valence-electron chi connectivity index (χ3n) is 5.63. The molecule has 0 N–H and O–H groups in total. The molecule has 0 radical (unpaired) electrons. The van der Waals surface area contributed by atoms with Gasteiger partial charge in [-0.15, -0.1) is 0 Å². The molecule has 3 atom stereocenters. The maximum atomic E-state index is 12.9. The first-order valence-corrected chi connectivity index (χ1v) is 9.35. The molecule has 2 heterocycles. The molecule has 1 aromatic carbocycles. The van der Waals surface area contributed by atoms with E-state index in [1.807, 2.05) is 4.90 Å². The number of nitrogens with zero attached hydrogens (tertiary/aromatic N) is 4. The average molecular weight is 394 g/mol. The Labute approximate surface area is 160 Å². The number of hydrogen-bond acceptors (Lipinski definition) is 4. The number of ether oxygens (including phenoxy) is 1. The second kappa shape index (κ2) is 7.44. The number of carbonyl (C=O) groups is 1. The van der Waals surface area contributed by atoms with Crippen molar-refractivity contribution in [3.63, 3.8) is 0 Å². The summed E-state index contributed by atoms with van der Waals surface area (Å²) < 4.78 is 45.9. The smallest absolute Gasteiger partial charge is 0.416 e. The Hall–Kier alpha value is -2.58. The fourth-order valence-electron chi connectivity index (χ4n) is 4.33. The van der Waals surface area contributed by atoms with Crippen LogP contribution in [0.2, 0.25) is 0 Å². The average Bonchev–Trinajstić information content (AvgIpc) is 3.41. The van der Waals surface area contributed by atoms with Crippen molar-refractivity contribution >= 4 is 5.91 Å². The minimum atomic E-state index is -4.41. The van der Waals surface area contributed by atoms with E-state index in [1.54, 1.807) is 11.0 Å². The number of rotatable bonds is 6. The number of piperidine rings is 1. The first kappa shape index (κ1) is 18.8. The molecule has 2 bridgehead atoms. The van der Waals surface area contributed by atoms with Gasteiger partial charge in [-0.25, -0.2) is 4.98 Å². The Morgan fingerprint density at radius 2 is 2.14 bits per heavy atom. The van der Waals surface area contributed by atoms with E-state index in [9.17, 15) is 18.0 Å². The van der Waals surface area contributed by atoms with E-state index in [-0.39, 0.29) is 30.3 Å². The Morgan fingerprint density at radius 3 is 2.89 bits per heavy atom. The summed E-state index contributed by atoms with van der Waals surface area (Å²) >= 11 is 0. The number of amides is 1. The van der Waals surface area contributed by atoms with Crippen molar-refractivity contribution in [2.75, 3.05) is 6.61 Å². The highest BCUT2D eigenvalue weighted by Gasteiger charge is 2.48. The number of halogens is 3. The minimum Gasteiger partial charge on any atom is -0.491 e. The molecule has 28 heavy (non-hydrogen) atoms. The largest absolute Gasteiger partial charge is 0.491 e. The first-order valence-electron chi connectivity index (χ1n) is 9.35. The molecular weight excluding hydrogens is 373 g/mol. The standard InChI is InChI=1S/C19H21F3N4O2/c20-19(21,22)14-2-1-3-16(9-14)28-10-17-13-4-5-15(8-13)26(17)18(27)6-7-25-12-23-11-24-25/h1-3,9,11-13,15,17H,4-8,10H2/t13-,15-,17+/m1/s1. The van der Waals surface area contributed by atoms with E-state index in [4.69, 9.17) is 4.74 Å². The topological polar surface area (TPSA) is 60.2 Å². The number of aryl methyl sites for hydroxylation is 1. The molecule has 2 aromatic rings. The van der Waals surface area contributed by atoms with Crippen LogP contribution in [0.15, 0.2) is 36.9 Å². The summed E-state index contributed by atoms with van der Waals surface area (Å²) in [6.45, 7) is 0.658. The van der Waals surface area contributed by atoms with E-state index in [1.165, 1.54) is 18.5 Å². The quantitative estimate of drug-likeness (QED) is 0.755. The van der Waals surface area contributed by atoms with Crippen molar-refractivity contribution in [3.8, 4) is 5.75 Å². The molecule has 9 heteroatoms. The molecule has 2 fully saturated rings. The lowest BCUT2D eigenvalue weighted by Gasteiger charge is -2.35.